The number of anilines is 1. The maximum absolute atomic E-state index is 12.3. The van der Waals surface area contributed by atoms with E-state index in [0.29, 0.717) is 43.5 Å². The summed E-state index contributed by atoms with van der Waals surface area (Å²) in [6.07, 6.45) is 0.584. The van der Waals surface area contributed by atoms with E-state index in [1.807, 2.05) is 20.8 Å². The fraction of sp³-hybridized carbons (Fsp3) is 0.625. The molecule has 0 bridgehead atoms. The molecule has 1 amide bonds. The fourth-order valence-corrected chi connectivity index (χ4v) is 1.75. The van der Waals surface area contributed by atoms with Gasteiger partial charge in [0.2, 0.25) is 5.88 Å². The average molecular weight is 310 g/mol. The van der Waals surface area contributed by atoms with E-state index in [0.717, 1.165) is 0 Å². The number of hydrogen-bond donors (Lipinski definition) is 1. The van der Waals surface area contributed by atoms with Gasteiger partial charge in [0.1, 0.15) is 12.2 Å². The third-order valence-electron chi connectivity index (χ3n) is 3.60. The smallest absolute Gasteiger partial charge is 0.256 e. The predicted octanol–water partition coefficient (Wildman–Crippen LogP) is 2.56. The van der Waals surface area contributed by atoms with E-state index >= 15 is 0 Å². The van der Waals surface area contributed by atoms with Crippen LogP contribution in [0.5, 0.6) is 5.88 Å². The third kappa shape index (κ3) is 4.96. The molecular weight excluding hydrogens is 284 g/mol. The molecule has 1 aromatic heterocycles. The summed E-state index contributed by atoms with van der Waals surface area (Å²) in [5.74, 6) is 0.326. The Kier molecular flexibility index (Phi) is 7.27. The van der Waals surface area contributed by atoms with E-state index in [2.05, 4.69) is 10.3 Å². The number of carbonyl (C=O) groups excluding carboxylic acids is 1. The van der Waals surface area contributed by atoms with Crippen LogP contribution in [0.25, 0.3) is 0 Å². The highest BCUT2D eigenvalue weighted by Gasteiger charge is 2.31. The molecule has 0 radical (unpaired) electrons. The van der Waals surface area contributed by atoms with Crippen molar-refractivity contribution in [3.8, 4) is 5.88 Å². The van der Waals surface area contributed by atoms with E-state index in [9.17, 15) is 4.79 Å². The van der Waals surface area contributed by atoms with Crippen molar-refractivity contribution >= 4 is 11.6 Å². The first-order valence-electron chi connectivity index (χ1n) is 7.51. The standard InChI is InChI=1S/C16H26N2O4/c1-6-16(4,20-5)15(19)18-13-8-9-14(17-12(13)3)22-11-10-21-7-2/h8-9H,6-7,10-11H2,1-5H3,(H,18,19)/t16-/m1/s1. The molecule has 0 spiro atoms. The number of carbonyl (C=O) groups is 1. The van der Waals surface area contributed by atoms with Crippen LogP contribution in [0.3, 0.4) is 0 Å². The second kappa shape index (κ2) is 8.70. The van der Waals surface area contributed by atoms with Crippen molar-refractivity contribution in [3.05, 3.63) is 17.8 Å². The van der Waals surface area contributed by atoms with Crippen LogP contribution < -0.4 is 10.1 Å². The highest BCUT2D eigenvalue weighted by Crippen LogP contribution is 2.21. The Morgan fingerprint density at radius 3 is 2.59 bits per heavy atom. The minimum atomic E-state index is -0.848. The number of ether oxygens (including phenoxy) is 3. The summed E-state index contributed by atoms with van der Waals surface area (Å²) in [5.41, 5.74) is 0.495. The number of aryl methyl sites for hydroxylation is 1. The van der Waals surface area contributed by atoms with Crippen LogP contribution in [0.15, 0.2) is 12.1 Å². The normalized spacial score (nSPS) is 13.5. The van der Waals surface area contributed by atoms with Crippen LogP contribution in [-0.2, 0) is 14.3 Å². The van der Waals surface area contributed by atoms with Crippen molar-refractivity contribution in [1.29, 1.82) is 0 Å². The van der Waals surface area contributed by atoms with Crippen molar-refractivity contribution in [2.24, 2.45) is 0 Å². The van der Waals surface area contributed by atoms with Crippen molar-refractivity contribution in [3.63, 3.8) is 0 Å². The van der Waals surface area contributed by atoms with Crippen LogP contribution in [0.2, 0.25) is 0 Å². The minimum absolute atomic E-state index is 0.188. The Hall–Kier alpha value is -1.66. The van der Waals surface area contributed by atoms with E-state index in [-0.39, 0.29) is 5.91 Å². The van der Waals surface area contributed by atoms with Gasteiger partial charge < -0.3 is 19.5 Å². The zero-order chi connectivity index (χ0) is 16.6. The first-order chi connectivity index (χ1) is 10.5. The molecule has 0 aliphatic heterocycles. The van der Waals surface area contributed by atoms with Gasteiger partial charge in [0.05, 0.1) is 18.0 Å². The molecule has 1 N–H and O–H groups in total. The van der Waals surface area contributed by atoms with Crippen molar-refractivity contribution in [2.75, 3.05) is 32.2 Å². The average Bonchev–Trinajstić information content (AvgIpc) is 2.53. The Bertz CT molecular complexity index is 487. The third-order valence-corrected chi connectivity index (χ3v) is 3.60. The van der Waals surface area contributed by atoms with Gasteiger partial charge >= 0.3 is 0 Å². The maximum Gasteiger partial charge on any atom is 0.256 e. The lowest BCUT2D eigenvalue weighted by molar-refractivity contribution is -0.136. The number of hydrogen-bond acceptors (Lipinski definition) is 5. The molecule has 0 aliphatic rings. The number of rotatable bonds is 9. The Morgan fingerprint density at radius 2 is 2.05 bits per heavy atom. The van der Waals surface area contributed by atoms with Gasteiger partial charge in [-0.05, 0) is 33.3 Å². The van der Waals surface area contributed by atoms with E-state index in [1.54, 1.807) is 19.1 Å². The Labute approximate surface area is 132 Å². The lowest BCUT2D eigenvalue weighted by Gasteiger charge is -2.25. The van der Waals surface area contributed by atoms with Gasteiger partial charge in [-0.25, -0.2) is 4.98 Å². The lowest BCUT2D eigenvalue weighted by Crippen LogP contribution is -2.41. The first kappa shape index (κ1) is 18.4. The number of methoxy groups -OCH3 is 1. The molecular formula is C16H26N2O4. The summed E-state index contributed by atoms with van der Waals surface area (Å²) in [5, 5.41) is 2.85. The van der Waals surface area contributed by atoms with Gasteiger partial charge in [0.25, 0.3) is 5.91 Å². The largest absolute Gasteiger partial charge is 0.475 e. The van der Waals surface area contributed by atoms with E-state index < -0.39 is 5.60 Å². The summed E-state index contributed by atoms with van der Waals surface area (Å²) >= 11 is 0. The monoisotopic (exact) mass is 310 g/mol. The minimum Gasteiger partial charge on any atom is -0.475 e. The quantitative estimate of drug-likeness (QED) is 0.710. The first-order valence-corrected chi connectivity index (χ1v) is 7.51. The highest BCUT2D eigenvalue weighted by molar-refractivity contribution is 5.97. The molecule has 0 aromatic carbocycles. The van der Waals surface area contributed by atoms with Crippen molar-refractivity contribution < 1.29 is 19.0 Å². The van der Waals surface area contributed by atoms with Gasteiger partial charge in [-0.2, -0.15) is 0 Å². The molecule has 0 aliphatic carbocycles. The number of aromatic nitrogens is 1. The molecule has 1 rings (SSSR count). The van der Waals surface area contributed by atoms with Crippen LogP contribution in [-0.4, -0.2) is 43.4 Å². The number of nitrogens with one attached hydrogen (secondary N) is 1. The van der Waals surface area contributed by atoms with Crippen molar-refractivity contribution in [2.45, 2.75) is 39.7 Å². The van der Waals surface area contributed by atoms with Gasteiger partial charge in [0.15, 0.2) is 0 Å². The van der Waals surface area contributed by atoms with Crippen molar-refractivity contribution in [1.82, 2.24) is 4.98 Å². The number of amides is 1. The topological polar surface area (TPSA) is 69.7 Å². The molecule has 0 saturated heterocycles. The lowest BCUT2D eigenvalue weighted by atomic mass is 10.0. The highest BCUT2D eigenvalue weighted by atomic mass is 16.5. The zero-order valence-corrected chi connectivity index (χ0v) is 14.1. The van der Waals surface area contributed by atoms with Gasteiger partial charge in [0, 0.05) is 19.8 Å². The summed E-state index contributed by atoms with van der Waals surface area (Å²) in [6, 6.07) is 3.51. The number of nitrogens with zero attached hydrogens (tertiary/aromatic N) is 1. The summed E-state index contributed by atoms with van der Waals surface area (Å²) in [7, 11) is 1.53. The van der Waals surface area contributed by atoms with Crippen LogP contribution in [0.4, 0.5) is 5.69 Å². The molecule has 1 aromatic rings. The zero-order valence-electron chi connectivity index (χ0n) is 14.1. The Balaban J connectivity index is 2.68. The predicted molar refractivity (Wildman–Crippen MR) is 85.3 cm³/mol. The molecule has 6 heteroatoms. The van der Waals surface area contributed by atoms with Gasteiger partial charge in [-0.15, -0.1) is 0 Å². The SMILES string of the molecule is CCOCCOc1ccc(NC(=O)[C@@](C)(CC)OC)c(C)n1. The second-order valence-electron chi connectivity index (χ2n) is 5.07. The summed E-state index contributed by atoms with van der Waals surface area (Å²) in [6.45, 7) is 9.06. The molecule has 22 heavy (non-hydrogen) atoms. The molecule has 0 saturated carbocycles. The number of pyridine rings is 1. The van der Waals surface area contributed by atoms with Gasteiger partial charge in [-0.3, -0.25) is 4.79 Å². The summed E-state index contributed by atoms with van der Waals surface area (Å²) < 4.78 is 16.0. The molecule has 1 atom stereocenters. The molecule has 124 valence electrons. The van der Waals surface area contributed by atoms with Gasteiger partial charge in [-0.1, -0.05) is 6.92 Å². The van der Waals surface area contributed by atoms with Crippen LogP contribution in [0, 0.1) is 6.92 Å². The summed E-state index contributed by atoms with van der Waals surface area (Å²) in [4.78, 5) is 16.6. The fourth-order valence-electron chi connectivity index (χ4n) is 1.75. The van der Waals surface area contributed by atoms with Crippen LogP contribution >= 0.6 is 0 Å². The maximum atomic E-state index is 12.3. The molecule has 6 nitrogen and oxygen atoms in total. The second-order valence-corrected chi connectivity index (χ2v) is 5.07. The Morgan fingerprint density at radius 1 is 1.32 bits per heavy atom. The molecule has 1 heterocycles. The molecule has 0 unspecified atom stereocenters. The van der Waals surface area contributed by atoms with Crippen LogP contribution in [0.1, 0.15) is 32.9 Å². The van der Waals surface area contributed by atoms with E-state index in [4.69, 9.17) is 14.2 Å². The van der Waals surface area contributed by atoms with E-state index in [1.165, 1.54) is 7.11 Å². The molecule has 0 fully saturated rings.